The van der Waals surface area contributed by atoms with Gasteiger partial charge in [-0.05, 0) is 24.1 Å². The molecule has 0 amide bonds. The summed E-state index contributed by atoms with van der Waals surface area (Å²) in [5.74, 6) is -0.189. The van der Waals surface area contributed by atoms with Crippen LogP contribution in [-0.2, 0) is 11.2 Å². The molecule has 0 spiro atoms. The minimum atomic E-state index is -0.189. The van der Waals surface area contributed by atoms with Gasteiger partial charge in [-0.2, -0.15) is 0 Å². The molecule has 0 fully saturated rings. The molecule has 1 rings (SSSR count). The maximum atomic E-state index is 12.6. The van der Waals surface area contributed by atoms with Crippen molar-refractivity contribution in [1.82, 2.24) is 5.32 Å². The minimum absolute atomic E-state index is 0.189. The van der Waals surface area contributed by atoms with Crippen LogP contribution in [-0.4, -0.2) is 25.8 Å². The Hall–Kier alpha value is -0.930. The third-order valence-electron chi connectivity index (χ3n) is 2.25. The molecule has 16 heavy (non-hydrogen) atoms. The second-order valence-electron chi connectivity index (χ2n) is 4.10. The van der Waals surface area contributed by atoms with E-state index >= 15 is 0 Å². The lowest BCUT2D eigenvalue weighted by molar-refractivity contribution is 0.137. The van der Waals surface area contributed by atoms with Crippen LogP contribution in [0.5, 0.6) is 0 Å². The molecule has 1 N–H and O–H groups in total. The van der Waals surface area contributed by atoms with Gasteiger partial charge in [-0.15, -0.1) is 0 Å². The Labute approximate surface area is 96.8 Å². The molecule has 0 aliphatic heterocycles. The molecule has 0 saturated carbocycles. The van der Waals surface area contributed by atoms with E-state index in [4.69, 9.17) is 4.74 Å². The molecule has 0 radical (unpaired) electrons. The summed E-state index contributed by atoms with van der Waals surface area (Å²) in [6.45, 7) is 6.50. The predicted molar refractivity (Wildman–Crippen MR) is 64.1 cm³/mol. The van der Waals surface area contributed by atoms with Crippen molar-refractivity contribution >= 4 is 0 Å². The summed E-state index contributed by atoms with van der Waals surface area (Å²) in [7, 11) is 0. The number of rotatable bonds is 7. The van der Waals surface area contributed by atoms with Crippen LogP contribution in [0.3, 0.4) is 0 Å². The number of halogens is 1. The monoisotopic (exact) mass is 225 g/mol. The van der Waals surface area contributed by atoms with E-state index < -0.39 is 0 Å². The molecule has 0 atom stereocenters. The number of benzene rings is 1. The van der Waals surface area contributed by atoms with E-state index in [9.17, 15) is 4.39 Å². The highest BCUT2D eigenvalue weighted by molar-refractivity contribution is 5.15. The lowest BCUT2D eigenvalue weighted by atomic mass is 10.2. The normalized spacial score (nSPS) is 11.0. The summed E-state index contributed by atoms with van der Waals surface area (Å²) in [5.41, 5.74) is 1.11. The molecule has 0 aromatic heterocycles. The first kappa shape index (κ1) is 13.1. The Balaban J connectivity index is 2.05. The van der Waals surface area contributed by atoms with Crippen LogP contribution in [0.4, 0.5) is 4.39 Å². The van der Waals surface area contributed by atoms with Crippen molar-refractivity contribution < 1.29 is 9.13 Å². The number of hydrogen-bond donors (Lipinski definition) is 1. The van der Waals surface area contributed by atoms with Crippen LogP contribution in [0.15, 0.2) is 24.3 Å². The molecule has 0 bridgehead atoms. The van der Waals surface area contributed by atoms with Crippen molar-refractivity contribution in [2.75, 3.05) is 19.8 Å². The smallest absolute Gasteiger partial charge is 0.123 e. The first-order valence-electron chi connectivity index (χ1n) is 5.74. The highest BCUT2D eigenvalue weighted by Gasteiger charge is 1.95. The van der Waals surface area contributed by atoms with E-state index in [2.05, 4.69) is 19.2 Å². The van der Waals surface area contributed by atoms with Gasteiger partial charge in [-0.25, -0.2) is 4.39 Å². The van der Waals surface area contributed by atoms with E-state index in [0.717, 1.165) is 25.1 Å². The van der Waals surface area contributed by atoms with E-state index in [1.54, 1.807) is 12.1 Å². The van der Waals surface area contributed by atoms with Gasteiger partial charge < -0.3 is 10.1 Å². The van der Waals surface area contributed by atoms with Crippen LogP contribution in [0.1, 0.15) is 19.4 Å². The van der Waals surface area contributed by atoms with Gasteiger partial charge in [0, 0.05) is 12.6 Å². The number of hydrogen-bond acceptors (Lipinski definition) is 2. The minimum Gasteiger partial charge on any atom is -0.380 e. The van der Waals surface area contributed by atoms with Gasteiger partial charge >= 0.3 is 0 Å². The van der Waals surface area contributed by atoms with Gasteiger partial charge in [0.25, 0.3) is 0 Å². The van der Waals surface area contributed by atoms with Gasteiger partial charge in [0.05, 0.1) is 13.2 Å². The first-order chi connectivity index (χ1) is 7.68. The van der Waals surface area contributed by atoms with Crippen molar-refractivity contribution in [1.29, 1.82) is 0 Å². The van der Waals surface area contributed by atoms with Gasteiger partial charge in [0.15, 0.2) is 0 Å². The molecular formula is C13H20FNO. The Morgan fingerprint density at radius 3 is 2.50 bits per heavy atom. The lowest BCUT2D eigenvalue weighted by Gasteiger charge is -2.08. The molecule has 90 valence electrons. The molecule has 1 aromatic carbocycles. The summed E-state index contributed by atoms with van der Waals surface area (Å²) < 4.78 is 18.1. The van der Waals surface area contributed by atoms with Gasteiger partial charge in [-0.3, -0.25) is 0 Å². The predicted octanol–water partition coefficient (Wildman–Crippen LogP) is 2.38. The average molecular weight is 225 g/mol. The molecule has 2 nitrogen and oxygen atoms in total. The Kier molecular flexibility index (Phi) is 6.04. The van der Waals surface area contributed by atoms with E-state index in [1.807, 2.05) is 0 Å². The van der Waals surface area contributed by atoms with Crippen LogP contribution in [0.25, 0.3) is 0 Å². The second kappa shape index (κ2) is 7.36. The zero-order valence-corrected chi connectivity index (χ0v) is 10.0. The topological polar surface area (TPSA) is 21.3 Å². The molecule has 3 heteroatoms. The van der Waals surface area contributed by atoms with Crippen LogP contribution in [0, 0.1) is 5.82 Å². The fraction of sp³-hybridized carbons (Fsp3) is 0.538. The summed E-state index contributed by atoms with van der Waals surface area (Å²) >= 11 is 0. The van der Waals surface area contributed by atoms with E-state index in [-0.39, 0.29) is 5.82 Å². The largest absolute Gasteiger partial charge is 0.380 e. The molecular weight excluding hydrogens is 205 g/mol. The number of nitrogens with one attached hydrogen (secondary N) is 1. The van der Waals surface area contributed by atoms with Gasteiger partial charge in [0.1, 0.15) is 5.82 Å². The van der Waals surface area contributed by atoms with Crippen molar-refractivity contribution in [3.05, 3.63) is 35.6 Å². The molecule has 1 aromatic rings. The molecule has 0 unspecified atom stereocenters. The van der Waals surface area contributed by atoms with Crippen molar-refractivity contribution in [2.24, 2.45) is 0 Å². The summed E-state index contributed by atoms with van der Waals surface area (Å²) in [4.78, 5) is 0. The fourth-order valence-electron chi connectivity index (χ4n) is 1.36. The Bertz CT molecular complexity index is 284. The number of ether oxygens (including phenoxy) is 1. The lowest BCUT2D eigenvalue weighted by Crippen LogP contribution is -2.26. The van der Waals surface area contributed by atoms with Gasteiger partial charge in [-0.1, -0.05) is 26.0 Å². The quantitative estimate of drug-likeness (QED) is 0.719. The Morgan fingerprint density at radius 1 is 1.19 bits per heavy atom. The summed E-state index contributed by atoms with van der Waals surface area (Å²) in [6.07, 6.45) is 0.835. The molecule has 0 aliphatic rings. The maximum absolute atomic E-state index is 12.6. The molecule has 0 saturated heterocycles. The van der Waals surface area contributed by atoms with E-state index in [0.29, 0.717) is 12.6 Å². The first-order valence-corrected chi connectivity index (χ1v) is 5.74. The standard InChI is InChI=1S/C13H20FNO/c1-11(2)15-8-10-16-9-7-12-3-5-13(14)6-4-12/h3-6,11,15H,7-10H2,1-2H3. The van der Waals surface area contributed by atoms with Crippen LogP contribution in [0.2, 0.25) is 0 Å². The third kappa shape index (κ3) is 5.83. The maximum Gasteiger partial charge on any atom is 0.123 e. The van der Waals surface area contributed by atoms with Crippen molar-refractivity contribution in [3.63, 3.8) is 0 Å². The second-order valence-corrected chi connectivity index (χ2v) is 4.10. The summed E-state index contributed by atoms with van der Waals surface area (Å²) in [6, 6.07) is 7.06. The fourth-order valence-corrected chi connectivity index (χ4v) is 1.36. The van der Waals surface area contributed by atoms with Crippen LogP contribution >= 0.6 is 0 Å². The Morgan fingerprint density at radius 2 is 1.88 bits per heavy atom. The van der Waals surface area contributed by atoms with E-state index in [1.165, 1.54) is 12.1 Å². The summed E-state index contributed by atoms with van der Waals surface area (Å²) in [5, 5.41) is 3.28. The van der Waals surface area contributed by atoms with Crippen molar-refractivity contribution in [3.8, 4) is 0 Å². The average Bonchev–Trinajstić information content (AvgIpc) is 2.25. The molecule has 0 aliphatic carbocycles. The van der Waals surface area contributed by atoms with Crippen LogP contribution < -0.4 is 5.32 Å². The zero-order chi connectivity index (χ0) is 11.8. The zero-order valence-electron chi connectivity index (χ0n) is 10.0. The van der Waals surface area contributed by atoms with Crippen molar-refractivity contribution in [2.45, 2.75) is 26.3 Å². The highest BCUT2D eigenvalue weighted by Crippen LogP contribution is 2.03. The highest BCUT2D eigenvalue weighted by atomic mass is 19.1. The SMILES string of the molecule is CC(C)NCCOCCc1ccc(F)cc1. The van der Waals surface area contributed by atoms with Gasteiger partial charge in [0.2, 0.25) is 0 Å². The molecule has 0 heterocycles. The third-order valence-corrected chi connectivity index (χ3v) is 2.25.